The van der Waals surface area contributed by atoms with Crippen LogP contribution in [0.5, 0.6) is 0 Å². The molecule has 3 saturated carbocycles. The van der Waals surface area contributed by atoms with Gasteiger partial charge in [-0.15, -0.1) is 0 Å². The number of hydrogen-bond donors (Lipinski definition) is 0. The van der Waals surface area contributed by atoms with E-state index in [0.717, 1.165) is 19.3 Å². The molecular formula is C23H36O2. The van der Waals surface area contributed by atoms with Crippen LogP contribution in [0.3, 0.4) is 0 Å². The second-order valence-corrected chi connectivity index (χ2v) is 9.79. The van der Waals surface area contributed by atoms with Gasteiger partial charge < -0.3 is 4.79 Å². The summed E-state index contributed by atoms with van der Waals surface area (Å²) in [6, 6.07) is 0. The average molecular weight is 345 g/mol. The molecule has 140 valence electrons. The second-order valence-electron chi connectivity index (χ2n) is 9.79. The molecule has 0 aromatic rings. The molecule has 0 N–H and O–H groups in total. The van der Waals surface area contributed by atoms with Crippen molar-refractivity contribution < 1.29 is 9.59 Å². The van der Waals surface area contributed by atoms with E-state index in [1.807, 2.05) is 0 Å². The summed E-state index contributed by atoms with van der Waals surface area (Å²) in [7, 11) is 0. The molecule has 25 heavy (non-hydrogen) atoms. The van der Waals surface area contributed by atoms with E-state index in [2.05, 4.69) is 33.8 Å². The van der Waals surface area contributed by atoms with Crippen molar-refractivity contribution in [3.05, 3.63) is 11.6 Å². The zero-order valence-electron chi connectivity index (χ0n) is 16.6. The molecule has 2 nitrogen and oxygen atoms in total. The van der Waals surface area contributed by atoms with E-state index in [0.29, 0.717) is 17.6 Å². The predicted octanol–water partition coefficient (Wildman–Crippen LogP) is 5.75. The lowest BCUT2D eigenvalue weighted by atomic mass is 9.60. The van der Waals surface area contributed by atoms with Gasteiger partial charge in [-0.1, -0.05) is 45.8 Å². The van der Waals surface area contributed by atoms with Crippen molar-refractivity contribution >= 4 is 12.1 Å². The molecule has 0 saturated heterocycles. The lowest BCUT2D eigenvalue weighted by molar-refractivity contribution is -0.134. The Bertz CT molecular complexity index is 562. The van der Waals surface area contributed by atoms with Gasteiger partial charge in [0.15, 0.2) is 0 Å². The van der Waals surface area contributed by atoms with Crippen LogP contribution in [0.2, 0.25) is 0 Å². The Morgan fingerprint density at radius 1 is 1.16 bits per heavy atom. The Balaban J connectivity index is 1.78. The molecule has 6 unspecified atom stereocenters. The second kappa shape index (κ2) is 7.00. The van der Waals surface area contributed by atoms with Gasteiger partial charge in [-0.2, -0.15) is 0 Å². The first kappa shape index (κ1) is 18.9. The minimum Gasteiger partial charge on any atom is -0.303 e. The maximum Gasteiger partial charge on any atom is 0.141 e. The standard InChI is InChI=1S/C23H36O2/c1-16-7-5-12-22(3,21(16)25)14-11-18-8-6-13-23(4)19(17(2)15-24)9-10-20(18)23/h11,15-17,19-20H,5-10,12-14H2,1-4H3. The lowest BCUT2D eigenvalue weighted by Crippen LogP contribution is -2.37. The van der Waals surface area contributed by atoms with Crippen molar-refractivity contribution in [1.29, 1.82) is 0 Å². The molecule has 0 aromatic heterocycles. The van der Waals surface area contributed by atoms with Crippen molar-refractivity contribution in [2.75, 3.05) is 0 Å². The van der Waals surface area contributed by atoms with Crippen LogP contribution < -0.4 is 0 Å². The van der Waals surface area contributed by atoms with Crippen LogP contribution in [0.25, 0.3) is 0 Å². The van der Waals surface area contributed by atoms with Gasteiger partial charge >= 0.3 is 0 Å². The molecule has 0 aromatic carbocycles. The van der Waals surface area contributed by atoms with Gasteiger partial charge in [0, 0.05) is 17.3 Å². The molecule has 0 heterocycles. The monoisotopic (exact) mass is 344 g/mol. The van der Waals surface area contributed by atoms with Gasteiger partial charge in [-0.25, -0.2) is 0 Å². The first-order chi connectivity index (χ1) is 11.8. The number of allylic oxidation sites excluding steroid dienone is 2. The normalized spacial score (nSPS) is 44.6. The van der Waals surface area contributed by atoms with Crippen LogP contribution in [0.4, 0.5) is 0 Å². The molecule has 0 aliphatic heterocycles. The quantitative estimate of drug-likeness (QED) is 0.480. The lowest BCUT2D eigenvalue weighted by Gasteiger charge is -2.44. The fourth-order valence-electron chi connectivity index (χ4n) is 6.49. The summed E-state index contributed by atoms with van der Waals surface area (Å²) in [5.41, 5.74) is 1.74. The highest BCUT2D eigenvalue weighted by Crippen LogP contribution is 2.59. The summed E-state index contributed by atoms with van der Waals surface area (Å²) in [4.78, 5) is 24.1. The van der Waals surface area contributed by atoms with E-state index in [1.165, 1.54) is 44.8 Å². The minimum absolute atomic E-state index is 0.146. The van der Waals surface area contributed by atoms with Gasteiger partial charge in [-0.05, 0) is 68.6 Å². The van der Waals surface area contributed by atoms with Crippen LogP contribution in [-0.2, 0) is 9.59 Å². The number of Topliss-reactive ketones (excluding diaryl/α,β-unsaturated/α-hetero) is 1. The van der Waals surface area contributed by atoms with Crippen molar-refractivity contribution in [1.82, 2.24) is 0 Å². The third kappa shape index (κ3) is 3.26. The SMILES string of the molecule is CC1CCCC(C)(CC=C2CCCC3(C)C2CCC3C(C)C=O)C1=O. The number of ketones is 1. The molecule has 3 fully saturated rings. The van der Waals surface area contributed by atoms with E-state index in [-0.39, 0.29) is 22.7 Å². The number of carbonyl (C=O) groups is 2. The molecule has 6 atom stereocenters. The summed E-state index contributed by atoms with van der Waals surface area (Å²) in [6.45, 7) is 8.83. The average Bonchev–Trinajstić information content (AvgIpc) is 2.95. The maximum atomic E-state index is 12.7. The Morgan fingerprint density at radius 3 is 2.64 bits per heavy atom. The zero-order chi connectivity index (χ0) is 18.2. The first-order valence-electron chi connectivity index (χ1n) is 10.5. The smallest absolute Gasteiger partial charge is 0.141 e. The molecule has 2 heteroatoms. The van der Waals surface area contributed by atoms with Crippen molar-refractivity contribution in [3.63, 3.8) is 0 Å². The fourth-order valence-corrected chi connectivity index (χ4v) is 6.49. The van der Waals surface area contributed by atoms with E-state index >= 15 is 0 Å². The topological polar surface area (TPSA) is 34.1 Å². The summed E-state index contributed by atoms with van der Waals surface area (Å²) >= 11 is 0. The molecule has 3 aliphatic rings. The van der Waals surface area contributed by atoms with E-state index in [1.54, 1.807) is 5.57 Å². The van der Waals surface area contributed by atoms with Crippen LogP contribution in [-0.4, -0.2) is 12.1 Å². The third-order valence-corrected chi connectivity index (χ3v) is 8.11. The van der Waals surface area contributed by atoms with Crippen molar-refractivity contribution in [2.24, 2.45) is 34.5 Å². The van der Waals surface area contributed by atoms with E-state index in [4.69, 9.17) is 0 Å². The Hall–Kier alpha value is -0.920. The Labute approximate surface area is 153 Å². The van der Waals surface area contributed by atoms with Crippen molar-refractivity contribution in [2.45, 2.75) is 85.5 Å². The summed E-state index contributed by atoms with van der Waals surface area (Å²) in [5.74, 6) is 2.05. The predicted molar refractivity (Wildman–Crippen MR) is 102 cm³/mol. The molecule has 0 bridgehead atoms. The summed E-state index contributed by atoms with van der Waals surface area (Å²) < 4.78 is 0. The number of aldehydes is 1. The molecule has 3 rings (SSSR count). The van der Waals surface area contributed by atoms with E-state index < -0.39 is 0 Å². The van der Waals surface area contributed by atoms with Gasteiger partial charge in [0.05, 0.1) is 0 Å². The summed E-state index contributed by atoms with van der Waals surface area (Å²) in [5, 5.41) is 0. The Kier molecular flexibility index (Phi) is 5.28. The minimum atomic E-state index is -0.146. The highest BCUT2D eigenvalue weighted by Gasteiger charge is 2.50. The number of rotatable bonds is 4. The molecule has 0 spiro atoms. The molecule has 0 radical (unpaired) electrons. The van der Waals surface area contributed by atoms with E-state index in [9.17, 15) is 9.59 Å². The Morgan fingerprint density at radius 2 is 1.92 bits per heavy atom. The first-order valence-corrected chi connectivity index (χ1v) is 10.5. The third-order valence-electron chi connectivity index (χ3n) is 8.11. The van der Waals surface area contributed by atoms with Gasteiger partial charge in [-0.3, -0.25) is 4.79 Å². The van der Waals surface area contributed by atoms with Crippen LogP contribution in [0.1, 0.15) is 85.5 Å². The highest BCUT2D eigenvalue weighted by molar-refractivity contribution is 5.87. The van der Waals surface area contributed by atoms with Crippen LogP contribution >= 0.6 is 0 Å². The van der Waals surface area contributed by atoms with Crippen LogP contribution in [0, 0.1) is 34.5 Å². The number of carbonyl (C=O) groups excluding carboxylic acids is 2. The van der Waals surface area contributed by atoms with Gasteiger partial charge in [0.2, 0.25) is 0 Å². The fraction of sp³-hybridized carbons (Fsp3) is 0.826. The summed E-state index contributed by atoms with van der Waals surface area (Å²) in [6.07, 6.45) is 13.9. The molecule has 3 aliphatic carbocycles. The number of fused-ring (bicyclic) bond motifs is 1. The number of hydrogen-bond acceptors (Lipinski definition) is 2. The van der Waals surface area contributed by atoms with Gasteiger partial charge in [0.25, 0.3) is 0 Å². The maximum absolute atomic E-state index is 12.7. The van der Waals surface area contributed by atoms with Crippen LogP contribution in [0.15, 0.2) is 11.6 Å². The highest BCUT2D eigenvalue weighted by atomic mass is 16.1. The largest absolute Gasteiger partial charge is 0.303 e. The van der Waals surface area contributed by atoms with Gasteiger partial charge in [0.1, 0.15) is 12.1 Å². The zero-order valence-corrected chi connectivity index (χ0v) is 16.6. The molecule has 0 amide bonds. The van der Waals surface area contributed by atoms with Crippen molar-refractivity contribution in [3.8, 4) is 0 Å². The molecular weight excluding hydrogens is 308 g/mol.